The number of cyclic esters (lactones) is 1. The molecule has 216 valence electrons. The van der Waals surface area contributed by atoms with Gasteiger partial charge in [-0.1, -0.05) is 36.8 Å². The Morgan fingerprint density at radius 3 is 2.76 bits per heavy atom. The van der Waals surface area contributed by atoms with E-state index in [-0.39, 0.29) is 25.2 Å². The van der Waals surface area contributed by atoms with Crippen LogP contribution in [0.25, 0.3) is 22.0 Å². The number of aromatic nitrogens is 2. The van der Waals surface area contributed by atoms with Crippen LogP contribution in [-0.4, -0.2) is 39.1 Å². The van der Waals surface area contributed by atoms with Crippen molar-refractivity contribution >= 4 is 44.5 Å². The lowest BCUT2D eigenvalue weighted by Gasteiger charge is -2.31. The predicted molar refractivity (Wildman–Crippen MR) is 161 cm³/mol. The lowest BCUT2D eigenvalue weighted by molar-refractivity contribution is -0.172. The first-order valence-electron chi connectivity index (χ1n) is 13.6. The van der Waals surface area contributed by atoms with Crippen molar-refractivity contribution in [3.63, 3.8) is 0 Å². The summed E-state index contributed by atoms with van der Waals surface area (Å²) in [7, 11) is 3.05. The summed E-state index contributed by atoms with van der Waals surface area (Å²) >= 11 is 0. The van der Waals surface area contributed by atoms with E-state index >= 15 is 0 Å². The van der Waals surface area contributed by atoms with Gasteiger partial charge in [-0.2, -0.15) is 0 Å². The summed E-state index contributed by atoms with van der Waals surface area (Å²) < 4.78 is 17.6. The average Bonchev–Trinajstić information content (AvgIpc) is 3.37. The van der Waals surface area contributed by atoms with Gasteiger partial charge in [-0.15, -0.1) is 0 Å². The monoisotopic (exact) mass is 604 g/mol. The Morgan fingerprint density at radius 2 is 2.00 bits per heavy atom. The second kappa shape index (κ2) is 11.5. The number of aliphatic hydroxyl groups is 1. The van der Waals surface area contributed by atoms with Crippen LogP contribution in [0, 0.1) is 0 Å². The number of ether oxygens (including phenoxy) is 3. The van der Waals surface area contributed by atoms with E-state index in [1.54, 1.807) is 29.8 Å². The van der Waals surface area contributed by atoms with Crippen molar-refractivity contribution in [2.75, 3.05) is 12.4 Å². The first-order chi connectivity index (χ1) is 20.3. The summed E-state index contributed by atoms with van der Waals surface area (Å²) in [6.45, 7) is 4.12. The van der Waals surface area contributed by atoms with Crippen molar-refractivity contribution in [2.24, 2.45) is 0 Å². The van der Waals surface area contributed by atoms with Crippen LogP contribution in [0.3, 0.4) is 0 Å². The number of nitrogens with zero attached hydrogens (tertiary/aromatic N) is 2. The minimum atomic E-state index is -1.85. The summed E-state index contributed by atoms with van der Waals surface area (Å²) in [5.74, 6) is 0.213. The Kier molecular flexibility index (Phi) is 7.73. The highest BCUT2D eigenvalue weighted by atomic mass is 33.1. The number of rotatable bonds is 8. The number of aryl methyl sites for hydroxylation is 1. The van der Waals surface area contributed by atoms with Crippen LogP contribution in [0.4, 0.5) is 4.79 Å². The third-order valence-corrected chi connectivity index (χ3v) is 9.93. The van der Waals surface area contributed by atoms with Gasteiger partial charge < -0.3 is 23.9 Å². The molecule has 4 aromatic rings. The molecule has 0 saturated carbocycles. The molecule has 2 aliphatic heterocycles. The van der Waals surface area contributed by atoms with Crippen molar-refractivity contribution in [3.8, 4) is 17.0 Å². The van der Waals surface area contributed by atoms with Crippen LogP contribution < -0.4 is 10.3 Å². The highest BCUT2D eigenvalue weighted by Gasteiger charge is 2.45. The topological polar surface area (TPSA) is 117 Å². The molecule has 6 rings (SSSR count). The van der Waals surface area contributed by atoms with Crippen molar-refractivity contribution < 1.29 is 28.9 Å². The van der Waals surface area contributed by atoms with Gasteiger partial charge in [0, 0.05) is 23.1 Å². The quantitative estimate of drug-likeness (QED) is 0.104. The van der Waals surface area contributed by atoms with E-state index in [0.717, 1.165) is 32.5 Å². The van der Waals surface area contributed by atoms with Crippen molar-refractivity contribution in [1.82, 2.24) is 9.55 Å². The van der Waals surface area contributed by atoms with Crippen LogP contribution in [0.15, 0.2) is 64.5 Å². The van der Waals surface area contributed by atoms with Crippen LogP contribution >= 0.6 is 21.6 Å². The fourth-order valence-electron chi connectivity index (χ4n) is 5.59. The first kappa shape index (κ1) is 28.3. The third kappa shape index (κ3) is 4.95. The molecule has 0 unspecified atom stereocenters. The zero-order valence-corrected chi connectivity index (χ0v) is 24.7. The lowest BCUT2D eigenvalue weighted by Crippen LogP contribution is -2.44. The summed E-state index contributed by atoms with van der Waals surface area (Å²) in [6, 6.07) is 14.9. The summed E-state index contributed by atoms with van der Waals surface area (Å²) in [5, 5.41) is 13.8. The Balaban J connectivity index is 1.23. The van der Waals surface area contributed by atoms with E-state index in [9.17, 15) is 19.5 Å². The highest BCUT2D eigenvalue weighted by Crippen LogP contribution is 2.42. The van der Waals surface area contributed by atoms with Crippen LogP contribution in [0.1, 0.15) is 42.5 Å². The van der Waals surface area contributed by atoms with Gasteiger partial charge in [0.25, 0.3) is 5.56 Å². The number of hydrogen-bond acceptors (Lipinski definition) is 10. The molecule has 2 aliphatic rings. The minimum Gasteiger partial charge on any atom is -0.458 e. The maximum Gasteiger partial charge on any atom is 0.513 e. The summed E-state index contributed by atoms with van der Waals surface area (Å²) in [4.78, 5) is 42.6. The highest BCUT2D eigenvalue weighted by molar-refractivity contribution is 8.76. The molecule has 0 amide bonds. The number of pyridine rings is 2. The molecular formula is C31H28N2O7S2. The van der Waals surface area contributed by atoms with Gasteiger partial charge in [0.1, 0.15) is 24.0 Å². The predicted octanol–water partition coefficient (Wildman–Crippen LogP) is 5.60. The second-order valence-electron chi connectivity index (χ2n) is 9.99. The fraction of sp³-hybridized carbons (Fsp3) is 0.290. The number of hydrogen-bond donors (Lipinski definition) is 1. The van der Waals surface area contributed by atoms with E-state index in [4.69, 9.17) is 14.2 Å². The molecule has 0 spiro atoms. The van der Waals surface area contributed by atoms with Gasteiger partial charge in [-0.25, -0.2) is 14.6 Å². The van der Waals surface area contributed by atoms with Crippen LogP contribution in [0.5, 0.6) is 5.75 Å². The molecule has 0 radical (unpaired) electrons. The maximum absolute atomic E-state index is 13.5. The molecule has 1 atom stereocenters. The number of carbonyl (C=O) groups excluding carboxylic acids is 2. The van der Waals surface area contributed by atoms with E-state index in [1.165, 1.54) is 21.6 Å². The van der Waals surface area contributed by atoms with Crippen molar-refractivity contribution in [2.45, 2.75) is 50.5 Å². The molecule has 0 aliphatic carbocycles. The number of esters is 1. The summed E-state index contributed by atoms with van der Waals surface area (Å²) in [6.07, 6.45) is 1.74. The normalized spacial score (nSPS) is 16.9. The molecule has 9 nitrogen and oxygen atoms in total. The molecule has 0 saturated heterocycles. The van der Waals surface area contributed by atoms with Crippen LogP contribution in [-0.2, 0) is 39.4 Å². The van der Waals surface area contributed by atoms with Gasteiger partial charge in [-0.05, 0) is 81.9 Å². The number of benzene rings is 2. The van der Waals surface area contributed by atoms with Gasteiger partial charge in [-0.3, -0.25) is 4.79 Å². The standard InChI is InChI=1S/C31H28N2O7S2/c1-3-20-21-14-19(40-30(36)38-11-12-41-42-27-7-5-6-10-32-27)9-8-18(21)13-22-23(20)16-33-26(22)15-25-24(28(33)34)17-39-29(35)31(25,37)4-2/h5-10,13-15,37H,3-4,11-12,16-17H2,1-2H3/t31-/m0/s1. The lowest BCUT2D eigenvalue weighted by atomic mass is 9.85. The Hall–Kier alpha value is -3.80. The number of carbonyl (C=O) groups is 2. The smallest absolute Gasteiger partial charge is 0.458 e. The molecule has 0 fully saturated rings. The molecule has 2 aromatic carbocycles. The fourth-order valence-corrected chi connectivity index (χ4v) is 7.29. The van der Waals surface area contributed by atoms with E-state index < -0.39 is 17.7 Å². The van der Waals surface area contributed by atoms with Gasteiger partial charge in [0.2, 0.25) is 0 Å². The first-order valence-corrected chi connectivity index (χ1v) is 16.0. The van der Waals surface area contributed by atoms with E-state index in [2.05, 4.69) is 4.98 Å². The van der Waals surface area contributed by atoms with E-state index in [1.807, 2.05) is 43.3 Å². The molecule has 0 bridgehead atoms. The zero-order chi connectivity index (χ0) is 29.4. The Morgan fingerprint density at radius 1 is 1.14 bits per heavy atom. The average molecular weight is 605 g/mol. The molecule has 4 heterocycles. The summed E-state index contributed by atoms with van der Waals surface area (Å²) in [5.41, 5.74) is 2.06. The van der Waals surface area contributed by atoms with Crippen molar-refractivity contribution in [3.05, 3.63) is 87.3 Å². The Bertz CT molecular complexity index is 1770. The van der Waals surface area contributed by atoms with Gasteiger partial charge >= 0.3 is 12.1 Å². The van der Waals surface area contributed by atoms with Gasteiger partial charge in [0.05, 0.1) is 17.8 Å². The van der Waals surface area contributed by atoms with Crippen molar-refractivity contribution in [1.29, 1.82) is 0 Å². The van der Waals surface area contributed by atoms with Gasteiger partial charge in [0.15, 0.2) is 5.60 Å². The molecule has 42 heavy (non-hydrogen) atoms. The van der Waals surface area contributed by atoms with E-state index in [0.29, 0.717) is 41.3 Å². The molecule has 1 N–H and O–H groups in total. The zero-order valence-electron chi connectivity index (χ0n) is 23.0. The van der Waals surface area contributed by atoms with Crippen LogP contribution in [0.2, 0.25) is 0 Å². The number of fused-ring (bicyclic) bond motifs is 5. The maximum atomic E-state index is 13.5. The molecular weight excluding hydrogens is 576 g/mol. The third-order valence-electron chi connectivity index (χ3n) is 7.70. The molecule has 2 aromatic heterocycles. The SMILES string of the molecule is CCc1c2c(cc3ccc(OC(=O)OCCSSc4ccccn4)cc13)-c1cc3c(c(=O)n1C2)COC(=O)[C@]3(O)CC. The second-order valence-corrected chi connectivity index (χ2v) is 12.4. The minimum absolute atomic E-state index is 0.0979. The molecule has 11 heteroatoms. The Labute approximate surface area is 249 Å². The largest absolute Gasteiger partial charge is 0.513 e.